The molecule has 1 aliphatic heterocycles. The monoisotopic (exact) mass is 208 g/mol. The number of anilines is 1. The van der Waals surface area contributed by atoms with Crippen molar-refractivity contribution in [3.05, 3.63) is 12.3 Å². The predicted molar refractivity (Wildman–Crippen MR) is 57.4 cm³/mol. The average molecular weight is 208 g/mol. The Morgan fingerprint density at radius 3 is 3.20 bits per heavy atom. The molecule has 1 fully saturated rings. The maximum Gasteiger partial charge on any atom is 0.229 e. The van der Waals surface area contributed by atoms with Gasteiger partial charge in [-0.05, 0) is 19.4 Å². The summed E-state index contributed by atoms with van der Waals surface area (Å²) >= 11 is 0. The number of carbonyl (C=O) groups excluding carboxylic acids is 1. The number of aryl methyl sites for hydroxylation is 1. The number of aromatic nitrogens is 2. The van der Waals surface area contributed by atoms with E-state index in [-0.39, 0.29) is 11.8 Å². The van der Waals surface area contributed by atoms with E-state index in [1.54, 1.807) is 10.7 Å². The highest BCUT2D eigenvalue weighted by Gasteiger charge is 2.21. The second kappa shape index (κ2) is 4.44. The van der Waals surface area contributed by atoms with Crippen molar-refractivity contribution in [2.75, 3.05) is 18.4 Å². The highest BCUT2D eigenvalue weighted by Crippen LogP contribution is 2.12. The van der Waals surface area contributed by atoms with Crippen LogP contribution in [0.15, 0.2) is 12.3 Å². The minimum Gasteiger partial charge on any atom is -0.316 e. The van der Waals surface area contributed by atoms with E-state index >= 15 is 0 Å². The zero-order valence-electron chi connectivity index (χ0n) is 8.86. The molecule has 2 rings (SSSR count). The van der Waals surface area contributed by atoms with Crippen LogP contribution < -0.4 is 10.6 Å². The molecule has 82 valence electrons. The van der Waals surface area contributed by atoms with Crippen molar-refractivity contribution in [3.8, 4) is 0 Å². The van der Waals surface area contributed by atoms with E-state index in [4.69, 9.17) is 0 Å². The SMILES string of the molecule is Cn1ccc(NC(=O)[C@@H]2CCCNC2)n1. The topological polar surface area (TPSA) is 59.0 Å². The van der Waals surface area contributed by atoms with Crippen LogP contribution in [0, 0.1) is 5.92 Å². The first-order valence-corrected chi connectivity index (χ1v) is 5.27. The lowest BCUT2D eigenvalue weighted by molar-refractivity contribution is -0.120. The molecule has 15 heavy (non-hydrogen) atoms. The summed E-state index contributed by atoms with van der Waals surface area (Å²) in [6, 6.07) is 1.80. The van der Waals surface area contributed by atoms with Gasteiger partial charge in [-0.25, -0.2) is 0 Å². The van der Waals surface area contributed by atoms with Crippen LogP contribution in [0.2, 0.25) is 0 Å². The highest BCUT2D eigenvalue weighted by molar-refractivity contribution is 5.91. The molecule has 5 nitrogen and oxygen atoms in total. The Bertz CT molecular complexity index is 341. The average Bonchev–Trinajstić information content (AvgIpc) is 2.65. The molecule has 0 aromatic carbocycles. The first-order valence-electron chi connectivity index (χ1n) is 5.27. The number of rotatable bonds is 2. The lowest BCUT2D eigenvalue weighted by Crippen LogP contribution is -2.37. The van der Waals surface area contributed by atoms with Gasteiger partial charge in [0, 0.05) is 25.9 Å². The van der Waals surface area contributed by atoms with Gasteiger partial charge in [-0.15, -0.1) is 0 Å². The molecular formula is C10H16N4O. The van der Waals surface area contributed by atoms with Gasteiger partial charge >= 0.3 is 0 Å². The van der Waals surface area contributed by atoms with E-state index in [2.05, 4.69) is 15.7 Å². The molecule has 1 aliphatic rings. The van der Waals surface area contributed by atoms with Gasteiger partial charge in [0.25, 0.3) is 0 Å². The van der Waals surface area contributed by atoms with Gasteiger partial charge in [0.2, 0.25) is 5.91 Å². The minimum atomic E-state index is 0.0703. The number of hydrogen-bond acceptors (Lipinski definition) is 3. The van der Waals surface area contributed by atoms with Crippen LogP contribution in [0.25, 0.3) is 0 Å². The summed E-state index contributed by atoms with van der Waals surface area (Å²) in [5.74, 6) is 0.787. The molecule has 1 atom stereocenters. The van der Waals surface area contributed by atoms with Gasteiger partial charge in [0.1, 0.15) is 0 Å². The fourth-order valence-electron chi connectivity index (χ4n) is 1.79. The van der Waals surface area contributed by atoms with Crippen LogP contribution in [0.4, 0.5) is 5.82 Å². The van der Waals surface area contributed by atoms with Crippen LogP contribution in [-0.2, 0) is 11.8 Å². The number of carbonyl (C=O) groups is 1. The van der Waals surface area contributed by atoms with Crippen molar-refractivity contribution >= 4 is 11.7 Å². The van der Waals surface area contributed by atoms with Crippen molar-refractivity contribution in [2.45, 2.75) is 12.8 Å². The zero-order valence-corrected chi connectivity index (χ0v) is 8.86. The van der Waals surface area contributed by atoms with Crippen molar-refractivity contribution < 1.29 is 4.79 Å². The maximum absolute atomic E-state index is 11.8. The molecule has 0 saturated carbocycles. The third-order valence-electron chi connectivity index (χ3n) is 2.63. The number of nitrogens with one attached hydrogen (secondary N) is 2. The highest BCUT2D eigenvalue weighted by atomic mass is 16.2. The molecule has 5 heteroatoms. The summed E-state index contributed by atoms with van der Waals surface area (Å²) < 4.78 is 1.68. The van der Waals surface area contributed by atoms with E-state index in [0.717, 1.165) is 25.9 Å². The van der Waals surface area contributed by atoms with Crippen LogP contribution in [0.3, 0.4) is 0 Å². The number of hydrogen-bond donors (Lipinski definition) is 2. The molecule has 1 aromatic heterocycles. The Labute approximate surface area is 88.8 Å². The van der Waals surface area contributed by atoms with E-state index in [9.17, 15) is 4.79 Å². The molecule has 2 heterocycles. The summed E-state index contributed by atoms with van der Waals surface area (Å²) in [7, 11) is 1.83. The summed E-state index contributed by atoms with van der Waals surface area (Å²) in [4.78, 5) is 11.8. The second-order valence-electron chi connectivity index (χ2n) is 3.91. The number of piperidine rings is 1. The molecule has 1 amide bonds. The van der Waals surface area contributed by atoms with Gasteiger partial charge < -0.3 is 10.6 Å². The predicted octanol–water partition coefficient (Wildman–Crippen LogP) is 0.358. The molecule has 2 N–H and O–H groups in total. The third-order valence-corrected chi connectivity index (χ3v) is 2.63. The molecule has 1 saturated heterocycles. The van der Waals surface area contributed by atoms with E-state index in [0.29, 0.717) is 5.82 Å². The fraction of sp³-hybridized carbons (Fsp3) is 0.600. The molecule has 0 aliphatic carbocycles. The Hall–Kier alpha value is -1.36. The maximum atomic E-state index is 11.8. The van der Waals surface area contributed by atoms with Gasteiger partial charge in [-0.1, -0.05) is 0 Å². The van der Waals surface area contributed by atoms with Crippen molar-refractivity contribution in [1.82, 2.24) is 15.1 Å². The summed E-state index contributed by atoms with van der Waals surface area (Å²) in [6.45, 7) is 1.80. The van der Waals surface area contributed by atoms with Crippen LogP contribution >= 0.6 is 0 Å². The second-order valence-corrected chi connectivity index (χ2v) is 3.91. The number of amides is 1. The lowest BCUT2D eigenvalue weighted by atomic mass is 9.99. The van der Waals surface area contributed by atoms with E-state index in [1.165, 1.54) is 0 Å². The summed E-state index contributed by atoms with van der Waals surface area (Å²) in [5, 5.41) is 10.2. The van der Waals surface area contributed by atoms with Gasteiger partial charge in [0.15, 0.2) is 5.82 Å². The normalized spacial score (nSPS) is 21.3. The van der Waals surface area contributed by atoms with Crippen LogP contribution in [0.5, 0.6) is 0 Å². The fourth-order valence-corrected chi connectivity index (χ4v) is 1.79. The summed E-state index contributed by atoms with van der Waals surface area (Å²) in [5.41, 5.74) is 0. The Morgan fingerprint density at radius 2 is 2.60 bits per heavy atom. The van der Waals surface area contributed by atoms with Gasteiger partial charge in [-0.2, -0.15) is 5.10 Å². The van der Waals surface area contributed by atoms with Gasteiger partial charge in [-0.3, -0.25) is 9.48 Å². The molecule has 0 unspecified atom stereocenters. The standard InChI is InChI=1S/C10H16N4O/c1-14-6-4-9(13-14)12-10(15)8-3-2-5-11-7-8/h4,6,8,11H,2-3,5,7H2,1H3,(H,12,13,15)/t8-/m1/s1. The Morgan fingerprint density at radius 1 is 1.73 bits per heavy atom. The molecule has 0 spiro atoms. The van der Waals surface area contributed by atoms with Crippen molar-refractivity contribution in [1.29, 1.82) is 0 Å². The third kappa shape index (κ3) is 2.56. The van der Waals surface area contributed by atoms with E-state index < -0.39 is 0 Å². The molecule has 0 radical (unpaired) electrons. The molecule has 1 aromatic rings. The van der Waals surface area contributed by atoms with Crippen LogP contribution in [-0.4, -0.2) is 28.8 Å². The molecular weight excluding hydrogens is 192 g/mol. The Kier molecular flexibility index (Phi) is 3.01. The summed E-state index contributed by atoms with van der Waals surface area (Å²) in [6.07, 6.45) is 3.85. The number of nitrogens with zero attached hydrogens (tertiary/aromatic N) is 2. The zero-order chi connectivity index (χ0) is 10.7. The van der Waals surface area contributed by atoms with Crippen molar-refractivity contribution in [2.24, 2.45) is 13.0 Å². The van der Waals surface area contributed by atoms with Crippen molar-refractivity contribution in [3.63, 3.8) is 0 Å². The van der Waals surface area contributed by atoms with E-state index in [1.807, 2.05) is 13.2 Å². The minimum absolute atomic E-state index is 0.0703. The van der Waals surface area contributed by atoms with Gasteiger partial charge in [0.05, 0.1) is 5.92 Å². The van der Waals surface area contributed by atoms with Crippen LogP contribution in [0.1, 0.15) is 12.8 Å². The quantitative estimate of drug-likeness (QED) is 0.737. The first kappa shape index (κ1) is 10.2. The largest absolute Gasteiger partial charge is 0.316 e. The first-order chi connectivity index (χ1) is 7.25. The Balaban J connectivity index is 1.91. The lowest BCUT2D eigenvalue weighted by Gasteiger charge is -2.21. The smallest absolute Gasteiger partial charge is 0.229 e. The molecule has 0 bridgehead atoms.